The highest BCUT2D eigenvalue weighted by Crippen LogP contribution is 2.30. The number of nitrogen functional groups attached to an aromatic ring is 1. The molecule has 0 spiro atoms. The van der Waals surface area contributed by atoms with Crippen LogP contribution in [0.25, 0.3) is 32.0 Å². The number of fused-ring (bicyclic) bond motifs is 3. The summed E-state index contributed by atoms with van der Waals surface area (Å²) in [4.78, 5) is 19.4. The van der Waals surface area contributed by atoms with Crippen molar-refractivity contribution in [3.63, 3.8) is 0 Å². The number of nitro benzene ring substituents is 1. The maximum absolute atomic E-state index is 11.0. The largest absolute Gasteiger partial charge is 0.383 e. The van der Waals surface area contributed by atoms with Crippen LogP contribution in [-0.4, -0.2) is 29.1 Å². The number of non-ortho nitro benzene ring substituents is 1. The van der Waals surface area contributed by atoms with Crippen LogP contribution >= 0.6 is 11.3 Å². The first kappa shape index (κ1) is 15.4. The number of nitro groups is 1. The third-order valence-corrected chi connectivity index (χ3v) is 5.19. The highest BCUT2D eigenvalue weighted by atomic mass is 32.1. The lowest BCUT2D eigenvalue weighted by molar-refractivity contribution is -0.384. The van der Waals surface area contributed by atoms with Gasteiger partial charge in [-0.15, -0.1) is 5.10 Å². The van der Waals surface area contributed by atoms with E-state index in [-0.39, 0.29) is 17.0 Å². The van der Waals surface area contributed by atoms with Crippen molar-refractivity contribution in [3.8, 4) is 5.13 Å². The van der Waals surface area contributed by atoms with Crippen LogP contribution in [0.3, 0.4) is 0 Å². The van der Waals surface area contributed by atoms with Gasteiger partial charge in [-0.3, -0.25) is 19.9 Å². The van der Waals surface area contributed by atoms with Crippen LogP contribution in [0.15, 0.2) is 42.6 Å². The van der Waals surface area contributed by atoms with Gasteiger partial charge in [0.2, 0.25) is 5.13 Å². The molecule has 0 radical (unpaired) electrons. The molecule has 1 aromatic carbocycles. The molecule has 3 N–H and O–H groups in total. The molecule has 11 heteroatoms. The average molecular weight is 378 g/mol. The standard InChI is InChI=1S/C16H10N8O2S/c17-13-12-14(18)23(21-15(12)20-11-3-1-2-6-22(11)13)16-19-9-5-4-8(24(25)26)7-10(9)27-16/h1-7,17H,18H2. The van der Waals surface area contributed by atoms with Gasteiger partial charge in [0.1, 0.15) is 22.3 Å². The third-order valence-electron chi connectivity index (χ3n) is 4.19. The number of hydrogen-bond donors (Lipinski definition) is 2. The first-order valence-corrected chi connectivity index (χ1v) is 8.60. The summed E-state index contributed by atoms with van der Waals surface area (Å²) in [5.41, 5.74) is 7.95. The Hall–Kier alpha value is -3.86. The summed E-state index contributed by atoms with van der Waals surface area (Å²) >= 11 is 1.23. The van der Waals surface area contributed by atoms with Crippen LogP contribution in [-0.2, 0) is 0 Å². The van der Waals surface area contributed by atoms with E-state index >= 15 is 0 Å². The van der Waals surface area contributed by atoms with Gasteiger partial charge in [0, 0.05) is 18.3 Å². The van der Waals surface area contributed by atoms with Gasteiger partial charge in [-0.05, 0) is 18.2 Å². The maximum atomic E-state index is 11.0. The summed E-state index contributed by atoms with van der Waals surface area (Å²) in [6, 6.07) is 9.87. The fourth-order valence-corrected chi connectivity index (χ4v) is 3.88. The molecule has 4 heterocycles. The van der Waals surface area contributed by atoms with E-state index in [0.29, 0.717) is 32.0 Å². The highest BCUT2D eigenvalue weighted by Gasteiger charge is 2.18. The van der Waals surface area contributed by atoms with Gasteiger partial charge in [0.25, 0.3) is 5.69 Å². The second-order valence-corrected chi connectivity index (χ2v) is 6.80. The van der Waals surface area contributed by atoms with Gasteiger partial charge in [0.15, 0.2) is 5.65 Å². The molecule has 0 bridgehead atoms. The van der Waals surface area contributed by atoms with Crippen LogP contribution in [0.5, 0.6) is 0 Å². The summed E-state index contributed by atoms with van der Waals surface area (Å²) < 4.78 is 3.69. The lowest BCUT2D eigenvalue weighted by atomic mass is 10.3. The van der Waals surface area contributed by atoms with Gasteiger partial charge in [-0.2, -0.15) is 4.68 Å². The zero-order valence-corrected chi connectivity index (χ0v) is 14.3. The molecule has 0 unspecified atom stereocenters. The Balaban J connectivity index is 1.78. The molecule has 0 saturated carbocycles. The molecule has 0 atom stereocenters. The molecular weight excluding hydrogens is 368 g/mol. The van der Waals surface area contributed by atoms with Crippen LogP contribution < -0.4 is 11.2 Å². The van der Waals surface area contributed by atoms with E-state index < -0.39 is 4.92 Å². The predicted octanol–water partition coefficient (Wildman–Crippen LogP) is 2.25. The number of nitrogens with one attached hydrogen (secondary N) is 1. The van der Waals surface area contributed by atoms with Crippen LogP contribution in [0, 0.1) is 15.5 Å². The monoisotopic (exact) mass is 378 g/mol. The zero-order valence-electron chi connectivity index (χ0n) is 13.5. The highest BCUT2D eigenvalue weighted by molar-refractivity contribution is 7.20. The van der Waals surface area contributed by atoms with Gasteiger partial charge in [-0.25, -0.2) is 9.97 Å². The lowest BCUT2D eigenvalue weighted by Gasteiger charge is -2.00. The van der Waals surface area contributed by atoms with Gasteiger partial charge < -0.3 is 5.73 Å². The summed E-state index contributed by atoms with van der Waals surface area (Å²) in [6.07, 6.45) is 1.73. The van der Waals surface area contributed by atoms with Gasteiger partial charge in [-0.1, -0.05) is 17.4 Å². The Morgan fingerprint density at radius 2 is 2.07 bits per heavy atom. The van der Waals surface area contributed by atoms with Crippen molar-refractivity contribution in [3.05, 3.63) is 58.2 Å². The summed E-state index contributed by atoms with van der Waals surface area (Å²) in [5.74, 6) is 0.245. The molecular formula is C16H10N8O2S. The number of nitrogens with zero attached hydrogens (tertiary/aromatic N) is 6. The van der Waals surface area contributed by atoms with E-state index in [9.17, 15) is 10.1 Å². The van der Waals surface area contributed by atoms with E-state index in [2.05, 4.69) is 15.1 Å². The summed E-state index contributed by atoms with van der Waals surface area (Å²) in [6.45, 7) is 0. The van der Waals surface area contributed by atoms with Crippen LogP contribution in [0.4, 0.5) is 11.5 Å². The van der Waals surface area contributed by atoms with Crippen molar-refractivity contribution in [2.45, 2.75) is 0 Å². The lowest BCUT2D eigenvalue weighted by Crippen LogP contribution is -2.15. The van der Waals surface area contributed by atoms with Crippen molar-refractivity contribution < 1.29 is 4.92 Å². The molecule has 0 amide bonds. The Bertz CT molecular complexity index is 1450. The molecule has 5 aromatic rings. The van der Waals surface area contributed by atoms with Crippen molar-refractivity contribution >= 4 is 49.7 Å². The normalized spacial score (nSPS) is 11.6. The summed E-state index contributed by atoms with van der Waals surface area (Å²) in [5, 5.41) is 24.7. The van der Waals surface area contributed by atoms with Crippen molar-refractivity contribution in [2.24, 2.45) is 0 Å². The van der Waals surface area contributed by atoms with E-state index in [4.69, 9.17) is 11.1 Å². The molecule has 0 aliphatic heterocycles. The second kappa shape index (κ2) is 5.32. The number of hydrogen-bond acceptors (Lipinski definition) is 8. The van der Waals surface area contributed by atoms with Crippen LogP contribution in [0.2, 0.25) is 0 Å². The zero-order chi connectivity index (χ0) is 18.7. The van der Waals surface area contributed by atoms with Gasteiger partial charge in [0.05, 0.1) is 15.1 Å². The number of benzene rings is 1. The Morgan fingerprint density at radius 1 is 1.22 bits per heavy atom. The van der Waals surface area contributed by atoms with Crippen molar-refractivity contribution in [1.82, 2.24) is 24.1 Å². The molecule has 0 aliphatic rings. The minimum absolute atomic E-state index is 0.00550. The molecule has 5 rings (SSSR count). The Morgan fingerprint density at radius 3 is 2.89 bits per heavy atom. The number of nitrogens with two attached hydrogens (primary N) is 1. The number of aromatic nitrogens is 5. The van der Waals surface area contributed by atoms with Crippen molar-refractivity contribution in [2.75, 3.05) is 5.73 Å². The molecule has 10 nitrogen and oxygen atoms in total. The van der Waals surface area contributed by atoms with E-state index in [1.807, 2.05) is 6.07 Å². The fraction of sp³-hybridized carbons (Fsp3) is 0. The minimum Gasteiger partial charge on any atom is -0.383 e. The number of anilines is 1. The summed E-state index contributed by atoms with van der Waals surface area (Å²) in [7, 11) is 0. The van der Waals surface area contributed by atoms with Gasteiger partial charge >= 0.3 is 0 Å². The Kier molecular flexibility index (Phi) is 3.03. The number of pyridine rings is 1. The van der Waals surface area contributed by atoms with Crippen LogP contribution in [0.1, 0.15) is 0 Å². The quantitative estimate of drug-likeness (QED) is 0.356. The fourth-order valence-electron chi connectivity index (χ4n) is 2.92. The number of thiazole rings is 1. The van der Waals surface area contributed by atoms with E-state index in [1.165, 1.54) is 28.2 Å². The van der Waals surface area contributed by atoms with E-state index in [1.54, 1.807) is 28.8 Å². The Labute approximate surface area is 153 Å². The maximum Gasteiger partial charge on any atom is 0.270 e. The topological polar surface area (TPSA) is 141 Å². The predicted molar refractivity (Wildman–Crippen MR) is 99.9 cm³/mol. The molecule has 0 saturated heterocycles. The number of rotatable bonds is 2. The first-order valence-electron chi connectivity index (χ1n) is 7.78. The second-order valence-electron chi connectivity index (χ2n) is 5.79. The molecule has 132 valence electrons. The van der Waals surface area contributed by atoms with Crippen molar-refractivity contribution in [1.29, 1.82) is 5.41 Å². The van der Waals surface area contributed by atoms with E-state index in [0.717, 1.165) is 0 Å². The third kappa shape index (κ3) is 2.18. The molecule has 0 fully saturated rings. The minimum atomic E-state index is -0.450. The molecule has 27 heavy (non-hydrogen) atoms. The molecule has 4 aromatic heterocycles. The molecule has 0 aliphatic carbocycles. The SMILES string of the molecule is N=c1c2c(N)n(-c3nc4ccc([N+](=O)[O-])cc4s3)nc2nc2ccccn12. The first-order chi connectivity index (χ1) is 13.0. The smallest absolute Gasteiger partial charge is 0.270 e. The average Bonchev–Trinajstić information content (AvgIpc) is 3.22.